The lowest BCUT2D eigenvalue weighted by Gasteiger charge is -2.41. The average molecular weight is 321 g/mol. The van der Waals surface area contributed by atoms with Gasteiger partial charge >= 0.3 is 8.80 Å². The first-order valence-corrected chi connectivity index (χ1v) is 12.9. The second-order valence-corrected chi connectivity index (χ2v) is 14.5. The van der Waals surface area contributed by atoms with E-state index in [1.165, 1.54) is 26.2 Å². The molecule has 0 amide bonds. The summed E-state index contributed by atoms with van der Waals surface area (Å²) in [4.78, 5) is 2.55. The van der Waals surface area contributed by atoms with Crippen LogP contribution in [0.5, 0.6) is 0 Å². The predicted molar refractivity (Wildman–Crippen MR) is 87.6 cm³/mol. The molecule has 0 aromatic heterocycles. The summed E-state index contributed by atoms with van der Waals surface area (Å²) in [5.74, 6) is 0. The Bertz CT molecular complexity index is 267. The molecule has 1 rings (SSSR count). The van der Waals surface area contributed by atoms with Crippen molar-refractivity contribution in [3.63, 3.8) is 0 Å². The van der Waals surface area contributed by atoms with Gasteiger partial charge in [0.25, 0.3) is 0 Å². The first kappa shape index (κ1) is 18.3. The van der Waals surface area contributed by atoms with Gasteiger partial charge in [0.1, 0.15) is 8.24 Å². The van der Waals surface area contributed by atoms with Crippen LogP contribution in [0.25, 0.3) is 0 Å². The number of rotatable bonds is 8. The molecule has 120 valence electrons. The van der Waals surface area contributed by atoms with E-state index in [-0.39, 0.29) is 0 Å². The third-order valence-electron chi connectivity index (χ3n) is 4.21. The molecule has 1 heterocycles. The summed E-state index contributed by atoms with van der Waals surface area (Å²) in [6.45, 7) is 13.2. The van der Waals surface area contributed by atoms with Gasteiger partial charge in [0, 0.05) is 53.6 Å². The van der Waals surface area contributed by atoms with Crippen molar-refractivity contribution < 1.29 is 13.3 Å². The van der Waals surface area contributed by atoms with Gasteiger partial charge in [-0.15, -0.1) is 0 Å². The maximum Gasteiger partial charge on any atom is 0.500 e. The lowest BCUT2D eigenvalue weighted by molar-refractivity contribution is 0.119. The minimum absolute atomic E-state index is 0.894. The van der Waals surface area contributed by atoms with Crippen molar-refractivity contribution in [2.24, 2.45) is 0 Å². The Morgan fingerprint density at radius 2 is 1.35 bits per heavy atom. The molecule has 0 spiro atoms. The van der Waals surface area contributed by atoms with Crippen molar-refractivity contribution >= 4 is 17.0 Å². The van der Waals surface area contributed by atoms with Crippen molar-refractivity contribution in [1.82, 2.24) is 9.47 Å². The van der Waals surface area contributed by atoms with Gasteiger partial charge < -0.3 is 22.7 Å². The number of piperazine rings is 1. The standard InChI is InChI=1S/C13H32N2O3Si2/c1-16-20(17-2,18-3)13-7-8-14-9-11-15(12-10-14)19(4,5)6/h7-13H2,1-6H3. The molecule has 0 aliphatic carbocycles. The molecule has 0 bridgehead atoms. The maximum absolute atomic E-state index is 5.46. The lowest BCUT2D eigenvalue weighted by atomic mass is 10.3. The Kier molecular flexibility index (Phi) is 7.33. The van der Waals surface area contributed by atoms with Crippen LogP contribution in [0.4, 0.5) is 0 Å². The molecule has 1 fully saturated rings. The second kappa shape index (κ2) is 8.02. The summed E-state index contributed by atoms with van der Waals surface area (Å²) in [5, 5.41) is 0. The Hall–Kier alpha value is 0.234. The fourth-order valence-corrected chi connectivity index (χ4v) is 5.96. The van der Waals surface area contributed by atoms with Crippen molar-refractivity contribution in [1.29, 1.82) is 0 Å². The highest BCUT2D eigenvalue weighted by Gasteiger charge is 2.37. The summed E-state index contributed by atoms with van der Waals surface area (Å²) in [6, 6.07) is 0.894. The van der Waals surface area contributed by atoms with Gasteiger partial charge in [-0.3, -0.25) is 0 Å². The number of nitrogens with zero attached hydrogens (tertiary/aromatic N) is 2. The Morgan fingerprint density at radius 1 is 0.850 bits per heavy atom. The zero-order valence-electron chi connectivity index (χ0n) is 14.1. The first-order valence-electron chi connectivity index (χ1n) is 7.50. The zero-order valence-corrected chi connectivity index (χ0v) is 16.1. The molecule has 0 unspecified atom stereocenters. The summed E-state index contributed by atoms with van der Waals surface area (Å²) in [6.07, 6.45) is 1.08. The van der Waals surface area contributed by atoms with Gasteiger partial charge in [-0.05, 0) is 13.0 Å². The van der Waals surface area contributed by atoms with E-state index in [1.807, 2.05) is 0 Å². The molecule has 0 N–H and O–H groups in total. The van der Waals surface area contributed by atoms with Crippen molar-refractivity contribution in [2.45, 2.75) is 32.1 Å². The van der Waals surface area contributed by atoms with E-state index in [0.717, 1.165) is 19.0 Å². The summed E-state index contributed by atoms with van der Waals surface area (Å²) in [7, 11) is 1.57. The van der Waals surface area contributed by atoms with Crippen LogP contribution in [-0.2, 0) is 13.3 Å². The van der Waals surface area contributed by atoms with Crippen LogP contribution >= 0.6 is 0 Å². The minimum Gasteiger partial charge on any atom is -0.377 e. The van der Waals surface area contributed by atoms with E-state index in [4.69, 9.17) is 13.3 Å². The van der Waals surface area contributed by atoms with Gasteiger partial charge in [-0.2, -0.15) is 0 Å². The highest BCUT2D eigenvalue weighted by atomic mass is 28.4. The normalized spacial score (nSPS) is 19.5. The lowest BCUT2D eigenvalue weighted by Crippen LogP contribution is -2.56. The van der Waals surface area contributed by atoms with Crippen LogP contribution in [0.3, 0.4) is 0 Å². The van der Waals surface area contributed by atoms with Crippen LogP contribution < -0.4 is 0 Å². The van der Waals surface area contributed by atoms with Crippen LogP contribution in [-0.4, -0.2) is 80.6 Å². The largest absolute Gasteiger partial charge is 0.500 e. The van der Waals surface area contributed by atoms with Gasteiger partial charge in [0.2, 0.25) is 0 Å². The van der Waals surface area contributed by atoms with E-state index in [0.29, 0.717) is 0 Å². The SMILES string of the molecule is CO[Si](CCCN1CCN([Si](C)(C)C)CC1)(OC)OC. The first-order chi connectivity index (χ1) is 9.37. The quantitative estimate of drug-likeness (QED) is 0.636. The molecule has 1 aliphatic heterocycles. The molecule has 0 saturated carbocycles. The maximum atomic E-state index is 5.46. The van der Waals surface area contributed by atoms with Crippen molar-refractivity contribution in [3.05, 3.63) is 0 Å². The predicted octanol–water partition coefficient (Wildman–Crippen LogP) is 1.71. The third kappa shape index (κ3) is 5.21. The van der Waals surface area contributed by atoms with Crippen LogP contribution in [0, 0.1) is 0 Å². The van der Waals surface area contributed by atoms with Crippen LogP contribution in [0.2, 0.25) is 25.7 Å². The van der Waals surface area contributed by atoms with E-state index in [9.17, 15) is 0 Å². The second-order valence-electron chi connectivity index (χ2n) is 6.40. The van der Waals surface area contributed by atoms with E-state index in [1.54, 1.807) is 21.3 Å². The molecule has 7 heteroatoms. The Balaban J connectivity index is 2.28. The van der Waals surface area contributed by atoms with Gasteiger partial charge in [0.15, 0.2) is 0 Å². The van der Waals surface area contributed by atoms with Gasteiger partial charge in [0.05, 0.1) is 0 Å². The highest BCUT2D eigenvalue weighted by molar-refractivity contribution is 6.73. The van der Waals surface area contributed by atoms with Gasteiger partial charge in [-0.1, -0.05) is 19.6 Å². The number of hydrogen-bond donors (Lipinski definition) is 0. The molecule has 0 radical (unpaired) electrons. The fourth-order valence-electron chi connectivity index (χ4n) is 2.72. The molecule has 1 aliphatic rings. The highest BCUT2D eigenvalue weighted by Crippen LogP contribution is 2.17. The smallest absolute Gasteiger partial charge is 0.377 e. The van der Waals surface area contributed by atoms with Crippen LogP contribution in [0.15, 0.2) is 0 Å². The van der Waals surface area contributed by atoms with Crippen molar-refractivity contribution in [2.75, 3.05) is 54.1 Å². The zero-order chi connectivity index (χ0) is 15.2. The molecule has 0 aromatic rings. The van der Waals surface area contributed by atoms with E-state index in [2.05, 4.69) is 29.1 Å². The topological polar surface area (TPSA) is 34.2 Å². The summed E-state index contributed by atoms with van der Waals surface area (Å²) >= 11 is 0. The molecule has 0 atom stereocenters. The minimum atomic E-state index is -2.38. The third-order valence-corrected chi connectivity index (χ3v) is 9.39. The summed E-state index contributed by atoms with van der Waals surface area (Å²) < 4.78 is 19.1. The molecule has 20 heavy (non-hydrogen) atoms. The van der Waals surface area contributed by atoms with Crippen LogP contribution in [0.1, 0.15) is 6.42 Å². The Labute approximate surface area is 126 Å². The summed E-state index contributed by atoms with van der Waals surface area (Å²) in [5.41, 5.74) is 0. The molecule has 5 nitrogen and oxygen atoms in total. The molecular weight excluding hydrogens is 288 g/mol. The van der Waals surface area contributed by atoms with E-state index < -0.39 is 17.0 Å². The average Bonchev–Trinajstić information content (AvgIpc) is 2.44. The molecule has 0 aromatic carbocycles. The fraction of sp³-hybridized carbons (Fsp3) is 1.00. The monoisotopic (exact) mass is 320 g/mol. The van der Waals surface area contributed by atoms with Gasteiger partial charge in [-0.25, -0.2) is 0 Å². The number of hydrogen-bond acceptors (Lipinski definition) is 5. The van der Waals surface area contributed by atoms with E-state index >= 15 is 0 Å². The molecule has 1 saturated heterocycles. The van der Waals surface area contributed by atoms with Crippen molar-refractivity contribution in [3.8, 4) is 0 Å². The Morgan fingerprint density at radius 3 is 1.75 bits per heavy atom. The molecular formula is C13H32N2O3Si2.